The summed E-state index contributed by atoms with van der Waals surface area (Å²) in [4.78, 5) is 0. The Bertz CT molecular complexity index is 321. The Balaban J connectivity index is 1.68. The molecule has 0 aromatic carbocycles. The molecule has 0 aromatic rings. The van der Waals surface area contributed by atoms with Crippen molar-refractivity contribution in [1.29, 1.82) is 0 Å². The number of thioether (sulfide) groups is 2. The largest absolute Gasteiger partial charge is 0.144 e. The number of hydrogen-bond acceptors (Lipinski definition) is 2. The van der Waals surface area contributed by atoms with Crippen molar-refractivity contribution in [2.75, 3.05) is 11.5 Å². The van der Waals surface area contributed by atoms with Crippen molar-refractivity contribution in [3.63, 3.8) is 0 Å². The first-order valence-electron chi connectivity index (χ1n) is 7.56. The van der Waals surface area contributed by atoms with Gasteiger partial charge in [0.1, 0.15) is 0 Å². The lowest BCUT2D eigenvalue weighted by atomic mass is 9.45. The third-order valence-electron chi connectivity index (χ3n) is 6.45. The molecule has 4 atom stereocenters. The molecule has 3 saturated carbocycles. The molecule has 1 heterocycles. The number of fused-ring (bicyclic) bond motifs is 1. The van der Waals surface area contributed by atoms with Crippen LogP contribution in [-0.4, -0.2) is 15.6 Å². The molecule has 4 fully saturated rings. The van der Waals surface area contributed by atoms with E-state index in [1.54, 1.807) is 19.3 Å². The molecule has 2 spiro atoms. The van der Waals surface area contributed by atoms with Crippen molar-refractivity contribution in [3.05, 3.63) is 0 Å². The molecule has 0 N–H and O–H groups in total. The standard InChI is InChI=1S/C15H24S2/c1-11-5-7-15(16-8-3-9-17-15)13-10-12-4-2-6-14(11,12)13/h11-13H,2-10H2,1H3/t11-,12+,13+,14-/m0/s1. The minimum absolute atomic E-state index is 0.672. The average Bonchev–Trinajstić information content (AvgIpc) is 2.63. The molecule has 0 bridgehead atoms. The monoisotopic (exact) mass is 268 g/mol. The van der Waals surface area contributed by atoms with E-state index < -0.39 is 0 Å². The summed E-state index contributed by atoms with van der Waals surface area (Å²) < 4.78 is 0.672. The van der Waals surface area contributed by atoms with Crippen molar-refractivity contribution in [3.8, 4) is 0 Å². The van der Waals surface area contributed by atoms with Crippen LogP contribution in [0.2, 0.25) is 0 Å². The summed E-state index contributed by atoms with van der Waals surface area (Å²) >= 11 is 4.72. The van der Waals surface area contributed by atoms with Gasteiger partial charge in [0.25, 0.3) is 0 Å². The molecule has 0 unspecified atom stereocenters. The molecule has 17 heavy (non-hydrogen) atoms. The van der Waals surface area contributed by atoms with E-state index >= 15 is 0 Å². The minimum Gasteiger partial charge on any atom is -0.144 e. The summed E-state index contributed by atoms with van der Waals surface area (Å²) in [5, 5.41) is 0. The van der Waals surface area contributed by atoms with Crippen LogP contribution in [0.25, 0.3) is 0 Å². The zero-order valence-electron chi connectivity index (χ0n) is 10.9. The van der Waals surface area contributed by atoms with Crippen molar-refractivity contribution in [2.24, 2.45) is 23.2 Å². The second kappa shape index (κ2) is 3.85. The van der Waals surface area contributed by atoms with Crippen molar-refractivity contribution in [2.45, 2.75) is 55.9 Å². The van der Waals surface area contributed by atoms with Crippen LogP contribution in [0.4, 0.5) is 0 Å². The highest BCUT2D eigenvalue weighted by molar-refractivity contribution is 8.18. The van der Waals surface area contributed by atoms with E-state index in [0.29, 0.717) is 4.08 Å². The second-order valence-electron chi connectivity index (χ2n) is 6.79. The lowest BCUT2D eigenvalue weighted by molar-refractivity contribution is -0.107. The molecule has 0 radical (unpaired) electrons. The molecule has 4 aliphatic rings. The molecule has 3 aliphatic carbocycles. The predicted molar refractivity (Wildman–Crippen MR) is 78.5 cm³/mol. The van der Waals surface area contributed by atoms with Gasteiger partial charge in [-0.1, -0.05) is 13.3 Å². The van der Waals surface area contributed by atoms with E-state index in [1.165, 1.54) is 37.2 Å². The fourth-order valence-corrected chi connectivity index (χ4v) is 9.49. The number of hydrogen-bond donors (Lipinski definition) is 0. The first kappa shape index (κ1) is 11.5. The molecular weight excluding hydrogens is 244 g/mol. The van der Waals surface area contributed by atoms with Gasteiger partial charge in [0.2, 0.25) is 0 Å². The van der Waals surface area contributed by atoms with Gasteiger partial charge in [0.15, 0.2) is 0 Å². The first-order chi connectivity index (χ1) is 8.28. The fraction of sp³-hybridized carbons (Fsp3) is 1.00. The first-order valence-corrected chi connectivity index (χ1v) is 9.53. The Hall–Kier alpha value is 0.700. The summed E-state index contributed by atoms with van der Waals surface area (Å²) in [6.07, 6.45) is 10.8. The van der Waals surface area contributed by atoms with Gasteiger partial charge in [0, 0.05) is 0 Å². The zero-order chi connectivity index (χ0) is 11.5. The van der Waals surface area contributed by atoms with Crippen molar-refractivity contribution < 1.29 is 0 Å². The van der Waals surface area contributed by atoms with Crippen molar-refractivity contribution >= 4 is 23.5 Å². The van der Waals surface area contributed by atoms with Crippen LogP contribution in [-0.2, 0) is 0 Å². The van der Waals surface area contributed by atoms with Gasteiger partial charge in [-0.15, -0.1) is 23.5 Å². The van der Waals surface area contributed by atoms with Crippen LogP contribution in [0.1, 0.15) is 51.9 Å². The molecule has 1 aliphatic heterocycles. The topological polar surface area (TPSA) is 0 Å². The van der Waals surface area contributed by atoms with Crippen LogP contribution in [0.5, 0.6) is 0 Å². The molecule has 0 nitrogen and oxygen atoms in total. The van der Waals surface area contributed by atoms with E-state index in [1.807, 2.05) is 0 Å². The third-order valence-corrected chi connectivity index (χ3v) is 10.1. The van der Waals surface area contributed by atoms with Gasteiger partial charge in [-0.3, -0.25) is 0 Å². The van der Waals surface area contributed by atoms with Crippen LogP contribution in [0.3, 0.4) is 0 Å². The molecule has 2 heteroatoms. The van der Waals surface area contributed by atoms with Gasteiger partial charge >= 0.3 is 0 Å². The van der Waals surface area contributed by atoms with Crippen LogP contribution < -0.4 is 0 Å². The van der Waals surface area contributed by atoms with Crippen LogP contribution >= 0.6 is 23.5 Å². The highest BCUT2D eigenvalue weighted by Crippen LogP contribution is 2.75. The fourth-order valence-electron chi connectivity index (χ4n) is 5.64. The van der Waals surface area contributed by atoms with E-state index in [0.717, 1.165) is 23.2 Å². The molecule has 0 aromatic heterocycles. The van der Waals surface area contributed by atoms with Gasteiger partial charge in [-0.05, 0) is 73.2 Å². The van der Waals surface area contributed by atoms with Gasteiger partial charge in [0.05, 0.1) is 4.08 Å². The Kier molecular flexibility index (Phi) is 2.61. The van der Waals surface area contributed by atoms with E-state index in [2.05, 4.69) is 30.4 Å². The Morgan fingerprint density at radius 2 is 1.82 bits per heavy atom. The molecular formula is C15H24S2. The summed E-state index contributed by atoms with van der Waals surface area (Å²) in [6.45, 7) is 2.58. The molecule has 0 amide bonds. The lowest BCUT2D eigenvalue weighted by Crippen LogP contribution is -2.61. The summed E-state index contributed by atoms with van der Waals surface area (Å²) in [5.74, 6) is 6.13. The normalized spacial score (nSPS) is 51.7. The lowest BCUT2D eigenvalue weighted by Gasteiger charge is -2.66. The summed E-state index contributed by atoms with van der Waals surface area (Å²) in [5.41, 5.74) is 0.815. The van der Waals surface area contributed by atoms with Gasteiger partial charge < -0.3 is 0 Å². The zero-order valence-corrected chi connectivity index (χ0v) is 12.5. The van der Waals surface area contributed by atoms with Crippen molar-refractivity contribution in [1.82, 2.24) is 0 Å². The van der Waals surface area contributed by atoms with Gasteiger partial charge in [-0.25, -0.2) is 0 Å². The Morgan fingerprint density at radius 1 is 1.00 bits per heavy atom. The maximum Gasteiger partial charge on any atom is 0.0644 e. The highest BCUT2D eigenvalue weighted by atomic mass is 32.2. The molecule has 1 saturated heterocycles. The van der Waals surface area contributed by atoms with Crippen LogP contribution in [0.15, 0.2) is 0 Å². The quantitative estimate of drug-likeness (QED) is 0.619. The van der Waals surface area contributed by atoms with E-state index in [4.69, 9.17) is 0 Å². The Morgan fingerprint density at radius 3 is 2.59 bits per heavy atom. The molecule has 4 rings (SSSR count). The summed E-state index contributed by atoms with van der Waals surface area (Å²) in [6, 6.07) is 0. The average molecular weight is 268 g/mol. The van der Waals surface area contributed by atoms with Crippen LogP contribution in [0, 0.1) is 23.2 Å². The van der Waals surface area contributed by atoms with E-state index in [-0.39, 0.29) is 0 Å². The summed E-state index contributed by atoms with van der Waals surface area (Å²) in [7, 11) is 0. The Labute approximate surface area is 114 Å². The maximum atomic E-state index is 2.58. The predicted octanol–water partition coefficient (Wildman–Crippen LogP) is 4.79. The van der Waals surface area contributed by atoms with E-state index in [9.17, 15) is 0 Å². The molecule has 96 valence electrons. The smallest absolute Gasteiger partial charge is 0.0644 e. The maximum absolute atomic E-state index is 2.58. The minimum atomic E-state index is 0.672. The SMILES string of the molecule is C[C@H]1CCC2(SCCCS2)[C@@H]2C[C@H]3CCC[C@@]312. The number of rotatable bonds is 0. The third kappa shape index (κ3) is 1.35. The second-order valence-corrected chi connectivity index (χ2v) is 9.90. The highest BCUT2D eigenvalue weighted by Gasteiger charge is 2.67. The van der Waals surface area contributed by atoms with Gasteiger partial charge in [-0.2, -0.15) is 0 Å².